The van der Waals surface area contributed by atoms with Gasteiger partial charge >= 0.3 is 0 Å². The maximum absolute atomic E-state index is 11.1. The van der Waals surface area contributed by atoms with Crippen LogP contribution in [-0.2, 0) is 11.2 Å². The van der Waals surface area contributed by atoms with Crippen LogP contribution in [0.25, 0.3) is 0 Å². The molecule has 0 bridgehead atoms. The zero-order chi connectivity index (χ0) is 12.5. The Balaban J connectivity index is 2.80. The molecule has 0 aliphatic heterocycles. The van der Waals surface area contributed by atoms with Gasteiger partial charge in [-0.05, 0) is 36.8 Å². The van der Waals surface area contributed by atoms with E-state index >= 15 is 0 Å². The van der Waals surface area contributed by atoms with Crippen molar-refractivity contribution < 1.29 is 4.79 Å². The molecular formula is C16H22O. The molecule has 0 heterocycles. The molecule has 0 fully saturated rings. The van der Waals surface area contributed by atoms with Crippen molar-refractivity contribution in [2.45, 2.75) is 46.0 Å². The first kappa shape index (κ1) is 13.7. The van der Waals surface area contributed by atoms with E-state index in [-0.39, 0.29) is 0 Å². The molecule has 17 heavy (non-hydrogen) atoms. The van der Waals surface area contributed by atoms with Gasteiger partial charge in [-0.15, -0.1) is 0 Å². The summed E-state index contributed by atoms with van der Waals surface area (Å²) >= 11 is 0. The molecule has 1 aromatic carbocycles. The summed E-state index contributed by atoms with van der Waals surface area (Å²) in [5, 5.41) is 0. The molecule has 1 rings (SSSR count). The molecule has 0 aromatic heterocycles. The monoisotopic (exact) mass is 230 g/mol. The minimum atomic E-state index is 0.912. The van der Waals surface area contributed by atoms with E-state index < -0.39 is 0 Å². The Morgan fingerprint density at radius 3 is 2.41 bits per heavy atom. The van der Waals surface area contributed by atoms with Gasteiger partial charge in [-0.1, -0.05) is 56.2 Å². The average Bonchev–Trinajstić information content (AvgIpc) is 2.39. The summed E-state index contributed by atoms with van der Waals surface area (Å²) in [6.07, 6.45) is 6.10. The van der Waals surface area contributed by atoms with Crippen LogP contribution < -0.4 is 0 Å². The zero-order valence-corrected chi connectivity index (χ0v) is 10.9. The smallest absolute Gasteiger partial charge is 0.145 e. The fourth-order valence-electron chi connectivity index (χ4n) is 1.99. The summed E-state index contributed by atoms with van der Waals surface area (Å²) in [4.78, 5) is 11.1. The molecule has 0 saturated heterocycles. The lowest BCUT2D eigenvalue weighted by Gasteiger charge is -2.09. The summed E-state index contributed by atoms with van der Waals surface area (Å²) in [5.74, 6) is 0. The topological polar surface area (TPSA) is 17.1 Å². The van der Waals surface area contributed by atoms with Gasteiger partial charge in [0.2, 0.25) is 0 Å². The van der Waals surface area contributed by atoms with Gasteiger partial charge in [0.05, 0.1) is 0 Å². The van der Waals surface area contributed by atoms with Crippen molar-refractivity contribution in [2.24, 2.45) is 0 Å². The van der Waals surface area contributed by atoms with Crippen LogP contribution in [0.5, 0.6) is 0 Å². The van der Waals surface area contributed by atoms with E-state index in [2.05, 4.69) is 38.1 Å². The number of hydrogen-bond acceptors (Lipinski definition) is 1. The maximum Gasteiger partial charge on any atom is 0.145 e. The first-order valence-corrected chi connectivity index (χ1v) is 6.51. The highest BCUT2D eigenvalue weighted by molar-refractivity contribution is 5.74. The third-order valence-corrected chi connectivity index (χ3v) is 3.08. The van der Waals surface area contributed by atoms with Crippen molar-refractivity contribution >= 4 is 6.29 Å². The van der Waals surface area contributed by atoms with Crippen LogP contribution in [0.4, 0.5) is 0 Å². The molecule has 0 atom stereocenters. The van der Waals surface area contributed by atoms with E-state index in [1.54, 1.807) is 0 Å². The molecule has 92 valence electrons. The van der Waals surface area contributed by atoms with E-state index in [4.69, 9.17) is 0 Å². The summed E-state index contributed by atoms with van der Waals surface area (Å²) in [6, 6.07) is 10.4. The Morgan fingerprint density at radius 1 is 1.18 bits per heavy atom. The van der Waals surface area contributed by atoms with Gasteiger partial charge in [-0.3, -0.25) is 4.79 Å². The first-order valence-electron chi connectivity index (χ1n) is 6.51. The van der Waals surface area contributed by atoms with Gasteiger partial charge in [0.15, 0.2) is 0 Å². The summed E-state index contributed by atoms with van der Waals surface area (Å²) in [7, 11) is 0. The van der Waals surface area contributed by atoms with Gasteiger partial charge in [0.1, 0.15) is 6.29 Å². The molecule has 0 aliphatic carbocycles. The molecule has 0 saturated carbocycles. The Labute approximate surface area is 105 Å². The number of rotatable bonds is 7. The predicted octanol–water partition coefficient (Wildman–Crippen LogP) is 4.32. The summed E-state index contributed by atoms with van der Waals surface area (Å²) in [5.41, 5.74) is 3.60. The number of unbranched alkanes of at least 4 members (excludes halogenated alkanes) is 1. The Hall–Kier alpha value is -1.37. The molecule has 0 unspecified atom stereocenters. The predicted molar refractivity (Wildman–Crippen MR) is 73.1 cm³/mol. The molecule has 0 spiro atoms. The molecule has 0 amide bonds. The van der Waals surface area contributed by atoms with Crippen molar-refractivity contribution in [3.63, 3.8) is 0 Å². The first-order chi connectivity index (χ1) is 8.31. The van der Waals surface area contributed by atoms with Crippen molar-refractivity contribution in [3.05, 3.63) is 47.0 Å². The third-order valence-electron chi connectivity index (χ3n) is 3.08. The van der Waals surface area contributed by atoms with E-state index in [1.165, 1.54) is 11.1 Å². The van der Waals surface area contributed by atoms with Crippen molar-refractivity contribution in [2.75, 3.05) is 0 Å². The molecular weight excluding hydrogens is 208 g/mol. The van der Waals surface area contributed by atoms with Crippen LogP contribution >= 0.6 is 0 Å². The van der Waals surface area contributed by atoms with Crippen LogP contribution in [-0.4, -0.2) is 6.29 Å². The number of carbonyl (C=O) groups excluding carboxylic acids is 1. The van der Waals surface area contributed by atoms with E-state index in [0.29, 0.717) is 0 Å². The largest absolute Gasteiger partial charge is 0.298 e. The van der Waals surface area contributed by atoms with Gasteiger partial charge in [-0.2, -0.15) is 0 Å². The molecule has 0 N–H and O–H groups in total. The van der Waals surface area contributed by atoms with Gasteiger partial charge in [0.25, 0.3) is 0 Å². The Bertz CT molecular complexity index is 362. The van der Waals surface area contributed by atoms with Gasteiger partial charge in [-0.25, -0.2) is 0 Å². The number of hydrogen-bond donors (Lipinski definition) is 0. The molecule has 1 heteroatoms. The lowest BCUT2D eigenvalue weighted by molar-refractivity contribution is -0.105. The lowest BCUT2D eigenvalue weighted by atomic mass is 9.95. The van der Waals surface area contributed by atoms with Crippen molar-refractivity contribution in [1.29, 1.82) is 0 Å². The summed E-state index contributed by atoms with van der Waals surface area (Å²) in [6.45, 7) is 4.29. The second-order valence-electron chi connectivity index (χ2n) is 4.37. The SMILES string of the molecule is CCCC/C(C=O)=C(\CC)Cc1ccccc1. The average molecular weight is 230 g/mol. The van der Waals surface area contributed by atoms with Gasteiger partial charge in [0, 0.05) is 0 Å². The zero-order valence-electron chi connectivity index (χ0n) is 10.9. The second-order valence-corrected chi connectivity index (χ2v) is 4.37. The number of allylic oxidation sites excluding steroid dienone is 2. The summed E-state index contributed by atoms with van der Waals surface area (Å²) < 4.78 is 0. The minimum absolute atomic E-state index is 0.912. The number of carbonyl (C=O) groups is 1. The normalized spacial score (nSPS) is 12.1. The van der Waals surface area contributed by atoms with E-state index in [0.717, 1.165) is 44.0 Å². The van der Waals surface area contributed by atoms with Crippen molar-refractivity contribution in [1.82, 2.24) is 0 Å². The fourth-order valence-corrected chi connectivity index (χ4v) is 1.99. The molecule has 0 aliphatic rings. The third kappa shape index (κ3) is 4.56. The molecule has 1 aromatic rings. The Morgan fingerprint density at radius 2 is 1.88 bits per heavy atom. The molecule has 0 radical (unpaired) electrons. The van der Waals surface area contributed by atoms with E-state index in [9.17, 15) is 4.79 Å². The number of benzene rings is 1. The highest BCUT2D eigenvalue weighted by Crippen LogP contribution is 2.18. The maximum atomic E-state index is 11.1. The highest BCUT2D eigenvalue weighted by Gasteiger charge is 2.05. The van der Waals surface area contributed by atoms with Crippen molar-refractivity contribution in [3.8, 4) is 0 Å². The van der Waals surface area contributed by atoms with Crippen LogP contribution in [0.1, 0.15) is 45.1 Å². The van der Waals surface area contributed by atoms with Crippen LogP contribution in [0.15, 0.2) is 41.5 Å². The van der Waals surface area contributed by atoms with E-state index in [1.807, 2.05) is 6.07 Å². The lowest BCUT2D eigenvalue weighted by Crippen LogP contribution is -1.98. The molecule has 1 nitrogen and oxygen atoms in total. The van der Waals surface area contributed by atoms with Crippen LogP contribution in [0.3, 0.4) is 0 Å². The second kappa shape index (κ2) is 7.83. The van der Waals surface area contributed by atoms with Gasteiger partial charge < -0.3 is 0 Å². The quantitative estimate of drug-likeness (QED) is 0.503. The standard InChI is InChI=1S/C16H22O/c1-3-5-11-16(13-17)15(4-2)12-14-9-7-6-8-10-14/h6-10,13H,3-5,11-12H2,1-2H3/b16-15-. The van der Waals surface area contributed by atoms with Crippen LogP contribution in [0, 0.1) is 0 Å². The van der Waals surface area contributed by atoms with Crippen LogP contribution in [0.2, 0.25) is 0 Å². The highest BCUT2D eigenvalue weighted by atomic mass is 16.1. The minimum Gasteiger partial charge on any atom is -0.298 e. The Kier molecular flexibility index (Phi) is 6.31. The number of aldehydes is 1. The fraction of sp³-hybridized carbons (Fsp3) is 0.438.